The molecular weight excluding hydrogens is 887 g/mol. The summed E-state index contributed by atoms with van der Waals surface area (Å²) >= 11 is 0. The first-order chi connectivity index (χ1) is 32.8. The molecule has 3 aliphatic heterocycles. The molecule has 15 atom stereocenters. The maximum absolute atomic E-state index is 14.5. The third-order valence-corrected chi connectivity index (χ3v) is 15.1. The zero-order chi connectivity index (χ0) is 51.0. The average Bonchev–Trinajstić information content (AvgIpc) is 3.33. The number of aliphatic hydroxyl groups is 2. The van der Waals surface area contributed by atoms with Gasteiger partial charge in [0.15, 0.2) is 5.78 Å². The van der Waals surface area contributed by atoms with Crippen molar-refractivity contribution in [2.45, 2.75) is 180 Å². The minimum Gasteiger partial charge on any atom is -0.460 e. The molecule has 15 nitrogen and oxygen atoms in total. The Morgan fingerprint density at radius 2 is 1.54 bits per heavy atom. The fourth-order valence-corrected chi connectivity index (χ4v) is 10.8. The summed E-state index contributed by atoms with van der Waals surface area (Å²) in [6, 6.07) is -1.13. The van der Waals surface area contributed by atoms with Gasteiger partial charge in [0.05, 0.1) is 37.6 Å². The Morgan fingerprint density at radius 1 is 0.812 bits per heavy atom. The molecule has 15 heteroatoms. The second-order valence-corrected chi connectivity index (χ2v) is 20.4. The SMILES string of the molecule is CO[C@H]1C[C@@H]2CC[C@@H](C)[C@@](O)(O2)C(=O)C(=O)N2CCCC[C@H]2C(=O)O[C@H]([C@H](C)C[C@@H]2CC[C@@H](OCCO)[C@H](OC)C2)CC(=O)[C@H](C)/C=C(\C)[C@@H](OC)[C@@H](OC)C(=O)[C@H](C)C[C@H](C)/C=C/C=C/C=C/1C. The molecule has 0 aromatic heterocycles. The Labute approximate surface area is 411 Å². The van der Waals surface area contributed by atoms with Crippen molar-refractivity contribution in [3.05, 3.63) is 47.6 Å². The Kier molecular flexibility index (Phi) is 23.6. The van der Waals surface area contributed by atoms with Crippen LogP contribution < -0.4 is 0 Å². The van der Waals surface area contributed by atoms with E-state index < -0.39 is 71.8 Å². The van der Waals surface area contributed by atoms with E-state index in [0.717, 1.165) is 12.0 Å². The fraction of sp³-hybridized carbons (Fsp3) is 0.759. The lowest BCUT2D eigenvalue weighted by Gasteiger charge is -2.42. The first kappa shape index (κ1) is 58.2. The van der Waals surface area contributed by atoms with Crippen molar-refractivity contribution in [3.63, 3.8) is 0 Å². The molecule has 2 saturated heterocycles. The zero-order valence-corrected chi connectivity index (χ0v) is 43.4. The van der Waals surface area contributed by atoms with Gasteiger partial charge >= 0.3 is 5.97 Å². The molecule has 0 unspecified atom stereocenters. The number of aliphatic hydroxyl groups excluding tert-OH is 1. The number of Topliss-reactive ketones (excluding diaryl/α,β-unsaturated/α-hetero) is 3. The van der Waals surface area contributed by atoms with E-state index in [1.807, 2.05) is 65.0 Å². The third-order valence-electron chi connectivity index (χ3n) is 15.1. The van der Waals surface area contributed by atoms with Crippen LogP contribution in [-0.4, -0.2) is 147 Å². The summed E-state index contributed by atoms with van der Waals surface area (Å²) in [6.07, 6.45) is 13.4. The molecule has 4 rings (SSSR count). The van der Waals surface area contributed by atoms with Crippen molar-refractivity contribution in [1.82, 2.24) is 4.90 Å². The van der Waals surface area contributed by atoms with Crippen molar-refractivity contribution in [3.8, 4) is 0 Å². The molecule has 3 fully saturated rings. The molecule has 0 radical (unpaired) electrons. The molecule has 1 aliphatic carbocycles. The smallest absolute Gasteiger partial charge is 0.329 e. The lowest BCUT2D eigenvalue weighted by molar-refractivity contribution is -0.265. The predicted molar refractivity (Wildman–Crippen MR) is 261 cm³/mol. The molecule has 2 bridgehead atoms. The van der Waals surface area contributed by atoms with Crippen LogP contribution in [-0.2, 0) is 57.1 Å². The van der Waals surface area contributed by atoms with E-state index in [-0.39, 0.29) is 80.0 Å². The number of fused-ring (bicyclic) bond motifs is 3. The number of amides is 1. The normalized spacial score (nSPS) is 38.8. The molecule has 390 valence electrons. The van der Waals surface area contributed by atoms with Gasteiger partial charge in [-0.05, 0) is 107 Å². The maximum atomic E-state index is 14.5. The minimum atomic E-state index is -2.43. The number of cyclic esters (lactones) is 1. The van der Waals surface area contributed by atoms with Gasteiger partial charge in [-0.15, -0.1) is 0 Å². The Bertz CT molecular complexity index is 1830. The highest BCUT2D eigenvalue weighted by atomic mass is 16.6. The van der Waals surface area contributed by atoms with Gasteiger partial charge in [-0.3, -0.25) is 19.2 Å². The average molecular weight is 972 g/mol. The fourth-order valence-electron chi connectivity index (χ4n) is 10.8. The van der Waals surface area contributed by atoms with Crippen LogP contribution >= 0.6 is 0 Å². The van der Waals surface area contributed by atoms with Gasteiger partial charge in [0.2, 0.25) is 5.79 Å². The lowest BCUT2D eigenvalue weighted by atomic mass is 9.78. The van der Waals surface area contributed by atoms with E-state index in [0.29, 0.717) is 63.4 Å². The number of rotatable bonds is 10. The van der Waals surface area contributed by atoms with Crippen LogP contribution in [0.4, 0.5) is 0 Å². The molecule has 1 amide bonds. The van der Waals surface area contributed by atoms with Crippen LogP contribution in [0.15, 0.2) is 47.6 Å². The third kappa shape index (κ3) is 15.8. The van der Waals surface area contributed by atoms with Crippen LogP contribution in [0.2, 0.25) is 0 Å². The van der Waals surface area contributed by atoms with E-state index in [9.17, 15) is 34.2 Å². The summed E-state index contributed by atoms with van der Waals surface area (Å²) in [4.78, 5) is 72.6. The highest BCUT2D eigenvalue weighted by Gasteiger charge is 2.53. The number of hydrogen-bond donors (Lipinski definition) is 2. The summed E-state index contributed by atoms with van der Waals surface area (Å²) in [5, 5.41) is 21.4. The number of ether oxygens (including phenoxy) is 7. The quantitative estimate of drug-likeness (QED) is 0.131. The highest BCUT2D eigenvalue weighted by molar-refractivity contribution is 6.39. The maximum Gasteiger partial charge on any atom is 0.329 e. The van der Waals surface area contributed by atoms with Crippen LogP contribution in [0, 0.1) is 35.5 Å². The number of methoxy groups -OCH3 is 4. The molecule has 4 aliphatic rings. The molecule has 3 heterocycles. The summed E-state index contributed by atoms with van der Waals surface area (Å²) < 4.78 is 41.8. The number of nitrogens with zero attached hydrogens (tertiary/aromatic N) is 1. The van der Waals surface area contributed by atoms with Gasteiger partial charge in [0, 0.05) is 65.6 Å². The van der Waals surface area contributed by atoms with Gasteiger partial charge in [-0.25, -0.2) is 4.79 Å². The Hall–Kier alpha value is -3.41. The van der Waals surface area contributed by atoms with Gasteiger partial charge in [0.1, 0.15) is 30.1 Å². The lowest BCUT2D eigenvalue weighted by Crippen LogP contribution is -2.61. The molecule has 0 aromatic rings. The second kappa shape index (κ2) is 28.0. The Morgan fingerprint density at radius 3 is 2.20 bits per heavy atom. The van der Waals surface area contributed by atoms with Crippen molar-refractivity contribution < 1.29 is 67.3 Å². The molecule has 2 N–H and O–H groups in total. The van der Waals surface area contributed by atoms with Crippen molar-refractivity contribution in [1.29, 1.82) is 0 Å². The van der Waals surface area contributed by atoms with Gasteiger partial charge in [-0.2, -0.15) is 0 Å². The number of hydrogen-bond acceptors (Lipinski definition) is 14. The number of allylic oxidation sites excluding steroid dienone is 6. The van der Waals surface area contributed by atoms with Gasteiger partial charge in [0.25, 0.3) is 11.7 Å². The van der Waals surface area contributed by atoms with Crippen molar-refractivity contribution in [2.75, 3.05) is 48.2 Å². The summed E-state index contributed by atoms with van der Waals surface area (Å²) in [5.74, 6) is -7.45. The topological polar surface area (TPSA) is 194 Å². The predicted octanol–water partition coefficient (Wildman–Crippen LogP) is 6.85. The number of piperidine rings is 1. The van der Waals surface area contributed by atoms with Crippen LogP contribution in [0.3, 0.4) is 0 Å². The first-order valence-electron chi connectivity index (χ1n) is 25.4. The Balaban J connectivity index is 1.71. The number of carbonyl (C=O) groups is 5. The van der Waals surface area contributed by atoms with Crippen LogP contribution in [0.25, 0.3) is 0 Å². The van der Waals surface area contributed by atoms with E-state index in [2.05, 4.69) is 0 Å². The van der Waals surface area contributed by atoms with E-state index in [1.54, 1.807) is 34.1 Å². The highest BCUT2D eigenvalue weighted by Crippen LogP contribution is 2.38. The summed E-state index contributed by atoms with van der Waals surface area (Å²) in [5.41, 5.74) is 1.53. The monoisotopic (exact) mass is 972 g/mol. The standard InChI is InChI=1S/C54H85NO14/c1-33-17-13-12-14-18-34(2)45(63-8)31-41-22-20-39(7)54(62,69-41)51(59)52(60)55-24-16-15-19-42(55)53(61)68-46(36(4)29-40-21-23-44(67-26-25-56)47(30-40)64-9)32-43(57)35(3)28-38(6)49(65-10)50(66-11)48(58)37(5)27-33/h12-14,17-18,28,33,35-37,39-42,44-47,49-50,56,62H,15-16,19-27,29-32H2,1-11H3/b14-12+,17-13+,34-18+,38-28+/t33-,35-,36-,37-,39-,40+,41+,42+,44-,45+,46+,47-,49-,50+,54-/m1/s1. The van der Waals surface area contributed by atoms with Crippen molar-refractivity contribution in [2.24, 2.45) is 35.5 Å². The first-order valence-corrected chi connectivity index (χ1v) is 25.4. The van der Waals surface area contributed by atoms with Crippen molar-refractivity contribution >= 4 is 29.2 Å². The zero-order valence-electron chi connectivity index (χ0n) is 43.4. The number of esters is 1. The second-order valence-electron chi connectivity index (χ2n) is 20.4. The van der Waals surface area contributed by atoms with Gasteiger partial charge < -0.3 is 48.3 Å². The molecule has 0 aromatic carbocycles. The van der Waals surface area contributed by atoms with E-state index >= 15 is 0 Å². The molecule has 0 spiro atoms. The number of carbonyl (C=O) groups excluding carboxylic acids is 5. The van der Waals surface area contributed by atoms with Crippen LogP contribution in [0.1, 0.15) is 126 Å². The minimum absolute atomic E-state index is 0.0564. The molecule has 69 heavy (non-hydrogen) atoms. The van der Waals surface area contributed by atoms with E-state index in [1.165, 1.54) is 19.1 Å². The van der Waals surface area contributed by atoms with Gasteiger partial charge in [-0.1, -0.05) is 71.1 Å². The largest absolute Gasteiger partial charge is 0.460 e. The van der Waals surface area contributed by atoms with E-state index in [4.69, 9.17) is 33.2 Å². The van der Waals surface area contributed by atoms with Crippen LogP contribution in [0.5, 0.6) is 0 Å². The summed E-state index contributed by atoms with van der Waals surface area (Å²) in [7, 11) is 6.22. The summed E-state index contributed by atoms with van der Waals surface area (Å²) in [6.45, 7) is 13.3. The molecule has 1 saturated carbocycles. The number of ketones is 3. The molecular formula is C54H85NO14.